The Morgan fingerprint density at radius 3 is 2.70 bits per heavy atom. The molecule has 2 aliphatic heterocycles. The minimum atomic E-state index is -4.49. The van der Waals surface area contributed by atoms with Crippen LogP contribution in [0, 0.1) is 5.92 Å². The third-order valence-corrected chi connectivity index (χ3v) is 3.85. The zero-order valence-corrected chi connectivity index (χ0v) is 12.0. The highest BCUT2D eigenvalue weighted by Gasteiger charge is 2.41. The van der Waals surface area contributed by atoms with Gasteiger partial charge in [0.1, 0.15) is 0 Å². The summed E-state index contributed by atoms with van der Waals surface area (Å²) in [5, 5.41) is 0. The molecule has 3 rings (SSSR count). The first-order valence-corrected chi connectivity index (χ1v) is 7.03. The molecule has 0 fully saturated rings. The second kappa shape index (κ2) is 5.64. The van der Waals surface area contributed by atoms with E-state index in [1.54, 1.807) is 12.3 Å². The molecule has 0 saturated carbocycles. The average Bonchev–Trinajstić information content (AvgIpc) is 2.82. The zero-order valence-electron chi connectivity index (χ0n) is 12.0. The first-order valence-electron chi connectivity index (χ1n) is 7.03. The van der Waals surface area contributed by atoms with Gasteiger partial charge in [0.2, 0.25) is 5.78 Å². The number of carbonyl (C=O) groups is 1. The van der Waals surface area contributed by atoms with Crippen molar-refractivity contribution in [2.24, 2.45) is 11.7 Å². The highest BCUT2D eigenvalue weighted by molar-refractivity contribution is 6.25. The van der Waals surface area contributed by atoms with Crippen LogP contribution < -0.4 is 5.73 Å². The molecule has 0 amide bonds. The molecule has 1 aromatic carbocycles. The summed E-state index contributed by atoms with van der Waals surface area (Å²) in [5.41, 5.74) is 5.02. The highest BCUT2D eigenvalue weighted by atomic mass is 19.4. The van der Waals surface area contributed by atoms with Crippen LogP contribution in [-0.4, -0.2) is 18.5 Å². The van der Waals surface area contributed by atoms with E-state index in [1.165, 1.54) is 12.1 Å². The molecule has 0 aromatic heterocycles. The lowest BCUT2D eigenvalue weighted by molar-refractivity contribution is -0.137. The van der Waals surface area contributed by atoms with Crippen molar-refractivity contribution in [3.8, 4) is 0 Å². The molecular weight excluding hydrogens is 311 g/mol. The molecule has 2 heterocycles. The molecule has 23 heavy (non-hydrogen) atoms. The largest absolute Gasteiger partial charge is 0.501 e. The highest BCUT2D eigenvalue weighted by Crippen LogP contribution is 2.36. The molecule has 4 nitrogen and oxygen atoms in total. The first kappa shape index (κ1) is 15.5. The van der Waals surface area contributed by atoms with E-state index in [-0.39, 0.29) is 22.9 Å². The monoisotopic (exact) mass is 325 g/mol. The lowest BCUT2D eigenvalue weighted by Gasteiger charge is -2.23. The normalized spacial score (nSPS) is 24.6. The summed E-state index contributed by atoms with van der Waals surface area (Å²) in [6.07, 6.45) is -1.43. The molecule has 1 aromatic rings. The summed E-state index contributed by atoms with van der Waals surface area (Å²) in [7, 11) is 0. The van der Waals surface area contributed by atoms with E-state index in [1.807, 2.05) is 0 Å². The second-order valence-electron chi connectivity index (χ2n) is 5.42. The van der Waals surface area contributed by atoms with Crippen molar-refractivity contribution >= 4 is 11.4 Å². The Labute approximate surface area is 130 Å². The van der Waals surface area contributed by atoms with E-state index in [0.29, 0.717) is 13.0 Å². The zero-order chi connectivity index (χ0) is 16.6. The smallest absolute Gasteiger partial charge is 0.416 e. The van der Waals surface area contributed by atoms with Crippen molar-refractivity contribution in [1.29, 1.82) is 0 Å². The summed E-state index contributed by atoms with van der Waals surface area (Å²) < 4.78 is 49.1. The molecule has 122 valence electrons. The van der Waals surface area contributed by atoms with Crippen LogP contribution in [-0.2, 0) is 20.4 Å². The number of Topliss-reactive ketones (excluding diaryl/α,β-unsaturated/α-hetero) is 1. The summed E-state index contributed by atoms with van der Waals surface area (Å²) in [6, 6.07) is 4.50. The van der Waals surface area contributed by atoms with Crippen molar-refractivity contribution < 1.29 is 27.4 Å². The molecule has 2 unspecified atom stereocenters. The van der Waals surface area contributed by atoms with E-state index < -0.39 is 23.6 Å². The van der Waals surface area contributed by atoms with Crippen molar-refractivity contribution in [2.45, 2.75) is 18.7 Å². The van der Waals surface area contributed by atoms with Gasteiger partial charge in [-0.25, -0.2) is 0 Å². The van der Waals surface area contributed by atoms with E-state index in [4.69, 9.17) is 15.2 Å². The van der Waals surface area contributed by atoms with Gasteiger partial charge in [-0.1, -0.05) is 12.1 Å². The fourth-order valence-corrected chi connectivity index (χ4v) is 2.72. The third-order valence-electron chi connectivity index (χ3n) is 3.85. The van der Waals surface area contributed by atoms with Gasteiger partial charge in [0.15, 0.2) is 12.0 Å². The van der Waals surface area contributed by atoms with Crippen LogP contribution in [0.25, 0.3) is 5.57 Å². The molecule has 2 N–H and O–H groups in total. The van der Waals surface area contributed by atoms with Gasteiger partial charge in [-0.3, -0.25) is 4.79 Å². The molecule has 0 spiro atoms. The fourth-order valence-electron chi connectivity index (χ4n) is 2.72. The molecule has 0 bridgehead atoms. The quantitative estimate of drug-likeness (QED) is 0.908. The number of benzene rings is 1. The van der Waals surface area contributed by atoms with Gasteiger partial charge in [-0.2, -0.15) is 13.2 Å². The molecule has 2 atom stereocenters. The van der Waals surface area contributed by atoms with Crippen molar-refractivity contribution in [3.05, 3.63) is 53.6 Å². The maximum Gasteiger partial charge on any atom is 0.416 e. The van der Waals surface area contributed by atoms with E-state index in [2.05, 4.69) is 0 Å². The SMILES string of the molecule is NC1=C(c2cccc(C(F)(F)F)c2)C(=O)C(C2CC=COC2)O1. The maximum absolute atomic E-state index is 12.8. The number of nitrogens with two attached hydrogens (primary N) is 1. The van der Waals surface area contributed by atoms with Crippen LogP contribution in [0.5, 0.6) is 0 Å². The lowest BCUT2D eigenvalue weighted by atomic mass is 9.90. The van der Waals surface area contributed by atoms with Crippen molar-refractivity contribution in [3.63, 3.8) is 0 Å². The Morgan fingerprint density at radius 1 is 1.26 bits per heavy atom. The molecule has 0 radical (unpaired) electrons. The van der Waals surface area contributed by atoms with Gasteiger partial charge in [0, 0.05) is 5.92 Å². The number of rotatable bonds is 2. The van der Waals surface area contributed by atoms with E-state index in [9.17, 15) is 18.0 Å². The number of carbonyl (C=O) groups excluding carboxylic acids is 1. The number of hydrogen-bond donors (Lipinski definition) is 1. The number of halogens is 3. The van der Waals surface area contributed by atoms with Crippen molar-refractivity contribution in [2.75, 3.05) is 6.61 Å². The molecule has 7 heteroatoms. The third kappa shape index (κ3) is 2.91. The van der Waals surface area contributed by atoms with Crippen LogP contribution in [0.2, 0.25) is 0 Å². The Kier molecular flexibility index (Phi) is 3.79. The number of allylic oxidation sites excluding steroid dienone is 1. The Hall–Kier alpha value is -2.44. The van der Waals surface area contributed by atoms with Crippen LogP contribution in [0.15, 0.2) is 42.5 Å². The number of ketones is 1. The molecule has 0 aliphatic carbocycles. The average molecular weight is 325 g/mol. The first-order chi connectivity index (χ1) is 10.9. The molecule has 0 saturated heterocycles. The van der Waals surface area contributed by atoms with Crippen molar-refractivity contribution in [1.82, 2.24) is 0 Å². The summed E-state index contributed by atoms with van der Waals surface area (Å²) in [6.45, 7) is 0.302. The predicted octanol–water partition coefficient (Wildman–Crippen LogP) is 2.85. The van der Waals surface area contributed by atoms with Gasteiger partial charge in [0.05, 0.1) is 24.0 Å². The van der Waals surface area contributed by atoms with Gasteiger partial charge >= 0.3 is 6.18 Å². The van der Waals surface area contributed by atoms with Gasteiger partial charge in [0.25, 0.3) is 0 Å². The van der Waals surface area contributed by atoms with Crippen LogP contribution in [0.4, 0.5) is 13.2 Å². The predicted molar refractivity (Wildman–Crippen MR) is 75.6 cm³/mol. The minimum Gasteiger partial charge on any atom is -0.501 e. The molecule has 2 aliphatic rings. The molecular formula is C16H14F3NO3. The van der Waals surface area contributed by atoms with Gasteiger partial charge in [-0.15, -0.1) is 0 Å². The number of ether oxygens (including phenoxy) is 2. The van der Waals surface area contributed by atoms with E-state index in [0.717, 1.165) is 12.1 Å². The van der Waals surface area contributed by atoms with Gasteiger partial charge < -0.3 is 15.2 Å². The summed E-state index contributed by atoms with van der Waals surface area (Å²) in [5.74, 6) is -0.769. The Bertz CT molecular complexity index is 694. The van der Waals surface area contributed by atoms with E-state index >= 15 is 0 Å². The topological polar surface area (TPSA) is 61.6 Å². The Morgan fingerprint density at radius 2 is 2.04 bits per heavy atom. The fraction of sp³-hybridized carbons (Fsp3) is 0.312. The summed E-state index contributed by atoms with van der Waals surface area (Å²) >= 11 is 0. The Balaban J connectivity index is 1.89. The van der Waals surface area contributed by atoms with Gasteiger partial charge in [-0.05, 0) is 30.2 Å². The van der Waals surface area contributed by atoms with Crippen LogP contribution in [0.3, 0.4) is 0 Å². The summed E-state index contributed by atoms with van der Waals surface area (Å²) in [4.78, 5) is 12.6. The van der Waals surface area contributed by atoms with Crippen LogP contribution in [0.1, 0.15) is 17.5 Å². The van der Waals surface area contributed by atoms with Crippen LogP contribution >= 0.6 is 0 Å². The minimum absolute atomic E-state index is 0.00402. The lowest BCUT2D eigenvalue weighted by Crippen LogP contribution is -2.32. The second-order valence-corrected chi connectivity index (χ2v) is 5.42. The standard InChI is InChI=1S/C16H14F3NO3/c17-16(18,19)11-5-1-3-9(7-11)12-13(21)14(23-15(12)20)10-4-2-6-22-8-10/h1-3,5-7,10,14H,4,8,20H2. The number of hydrogen-bond acceptors (Lipinski definition) is 4. The number of alkyl halides is 3. The maximum atomic E-state index is 12.8.